The van der Waals surface area contributed by atoms with Crippen molar-refractivity contribution in [3.63, 3.8) is 0 Å². The molecule has 0 saturated heterocycles. The number of halogens is 1. The Morgan fingerprint density at radius 2 is 1.75 bits per heavy atom. The van der Waals surface area contributed by atoms with Gasteiger partial charge in [0.2, 0.25) is 0 Å². The second-order valence-corrected chi connectivity index (χ2v) is 7.95. The summed E-state index contributed by atoms with van der Waals surface area (Å²) < 4.78 is 23.4. The Balaban J connectivity index is 1.73. The van der Waals surface area contributed by atoms with Crippen molar-refractivity contribution in [1.82, 2.24) is 0 Å². The van der Waals surface area contributed by atoms with Crippen molar-refractivity contribution in [2.45, 2.75) is 59.0 Å². The molecule has 0 amide bonds. The number of esters is 2. The van der Waals surface area contributed by atoms with Crippen LogP contribution in [0.4, 0.5) is 4.39 Å². The lowest BCUT2D eigenvalue weighted by atomic mass is 9.75. The fraction of sp³-hybridized carbons (Fsp3) is 0.591. The molecule has 5 nitrogen and oxygen atoms in total. The van der Waals surface area contributed by atoms with Crippen LogP contribution in [-0.4, -0.2) is 30.4 Å². The maximum absolute atomic E-state index is 12.9. The molecule has 6 heteroatoms. The average molecular weight is 392 g/mol. The molecule has 3 unspecified atom stereocenters. The number of hydrogen-bond donors (Lipinski definition) is 0. The number of ether oxygens (including phenoxy) is 2. The number of carbonyl (C=O) groups excluding carboxylic acids is 3. The summed E-state index contributed by atoms with van der Waals surface area (Å²) in [5, 5.41) is 0. The van der Waals surface area contributed by atoms with Gasteiger partial charge in [-0.1, -0.05) is 27.2 Å². The number of Topliss-reactive ketones (excluding diaryl/α,β-unsaturated/α-hetero) is 1. The van der Waals surface area contributed by atoms with Crippen molar-refractivity contribution in [3.8, 4) is 0 Å². The van der Waals surface area contributed by atoms with Gasteiger partial charge in [0.25, 0.3) is 0 Å². The fourth-order valence-corrected chi connectivity index (χ4v) is 3.66. The van der Waals surface area contributed by atoms with Crippen LogP contribution in [0, 0.1) is 23.6 Å². The quantitative estimate of drug-likeness (QED) is 0.486. The molecule has 1 aliphatic rings. The molecule has 1 fully saturated rings. The maximum atomic E-state index is 12.9. The van der Waals surface area contributed by atoms with Crippen LogP contribution in [0.2, 0.25) is 0 Å². The number of ketones is 1. The summed E-state index contributed by atoms with van der Waals surface area (Å²) in [5.41, 5.74) is 0.333. The van der Waals surface area contributed by atoms with E-state index in [2.05, 4.69) is 20.8 Å². The first-order valence-corrected chi connectivity index (χ1v) is 9.90. The van der Waals surface area contributed by atoms with Gasteiger partial charge in [-0.3, -0.25) is 9.59 Å². The van der Waals surface area contributed by atoms with Crippen LogP contribution < -0.4 is 0 Å². The second-order valence-electron chi connectivity index (χ2n) is 7.95. The monoisotopic (exact) mass is 392 g/mol. The van der Waals surface area contributed by atoms with E-state index in [4.69, 9.17) is 9.47 Å². The Bertz CT molecular complexity index is 683. The van der Waals surface area contributed by atoms with Crippen LogP contribution >= 0.6 is 0 Å². The largest absolute Gasteiger partial charge is 0.460 e. The van der Waals surface area contributed by atoms with Crippen molar-refractivity contribution in [2.75, 3.05) is 6.61 Å². The maximum Gasteiger partial charge on any atom is 0.344 e. The number of carbonyl (C=O) groups is 3. The zero-order chi connectivity index (χ0) is 20.7. The molecule has 0 aliphatic heterocycles. The van der Waals surface area contributed by atoms with E-state index < -0.39 is 24.4 Å². The highest BCUT2D eigenvalue weighted by molar-refractivity contribution is 5.97. The second kappa shape index (κ2) is 10.3. The summed E-state index contributed by atoms with van der Waals surface area (Å²) in [7, 11) is 0. The first-order valence-electron chi connectivity index (χ1n) is 9.90. The van der Waals surface area contributed by atoms with Gasteiger partial charge >= 0.3 is 11.9 Å². The van der Waals surface area contributed by atoms with Gasteiger partial charge in [0.1, 0.15) is 11.9 Å². The van der Waals surface area contributed by atoms with E-state index in [1.807, 2.05) is 0 Å². The first-order chi connectivity index (χ1) is 13.3. The molecule has 0 radical (unpaired) electrons. The minimum Gasteiger partial charge on any atom is -0.460 e. The van der Waals surface area contributed by atoms with E-state index in [0.717, 1.165) is 19.3 Å². The third-order valence-electron chi connectivity index (χ3n) is 5.32. The van der Waals surface area contributed by atoms with E-state index in [1.165, 1.54) is 24.3 Å². The standard InChI is InChI=1S/C22H29FO5/c1-14(2)18-9-4-15(3)12-20(18)28-22(26)13-27-21(25)11-10-19(24)16-5-7-17(23)8-6-16/h5-8,14-15,18,20H,4,9-13H2,1-3H3. The molecule has 0 bridgehead atoms. The number of rotatable bonds is 8. The lowest BCUT2D eigenvalue weighted by Crippen LogP contribution is -2.36. The van der Waals surface area contributed by atoms with Crippen LogP contribution in [0.1, 0.15) is 63.2 Å². The lowest BCUT2D eigenvalue weighted by Gasteiger charge is -2.36. The normalized spacial score (nSPS) is 22.0. The molecule has 0 aromatic heterocycles. The molecule has 28 heavy (non-hydrogen) atoms. The predicted molar refractivity (Wildman–Crippen MR) is 102 cm³/mol. The van der Waals surface area contributed by atoms with Crippen molar-refractivity contribution < 1.29 is 28.2 Å². The van der Waals surface area contributed by atoms with Gasteiger partial charge < -0.3 is 9.47 Å². The summed E-state index contributed by atoms with van der Waals surface area (Å²) in [6, 6.07) is 5.13. The molecular weight excluding hydrogens is 363 g/mol. The van der Waals surface area contributed by atoms with E-state index in [1.54, 1.807) is 0 Å². The molecule has 1 saturated carbocycles. The predicted octanol–water partition coefficient (Wildman–Crippen LogP) is 4.34. The molecule has 1 aromatic carbocycles. The molecule has 2 rings (SSSR count). The molecule has 154 valence electrons. The van der Waals surface area contributed by atoms with Gasteiger partial charge in [-0.05, 0) is 54.9 Å². The van der Waals surface area contributed by atoms with E-state index >= 15 is 0 Å². The highest BCUT2D eigenvalue weighted by Crippen LogP contribution is 2.35. The molecule has 0 N–H and O–H groups in total. The first kappa shape index (κ1) is 22.1. The average Bonchev–Trinajstić information content (AvgIpc) is 2.64. The molecular formula is C22H29FO5. The Morgan fingerprint density at radius 3 is 2.39 bits per heavy atom. The summed E-state index contributed by atoms with van der Waals surface area (Å²) in [6.45, 7) is 5.95. The SMILES string of the molecule is CC1CCC(C(C)C)C(OC(=O)COC(=O)CCC(=O)c2ccc(F)cc2)C1. The topological polar surface area (TPSA) is 69.7 Å². The van der Waals surface area contributed by atoms with Crippen molar-refractivity contribution in [3.05, 3.63) is 35.6 Å². The van der Waals surface area contributed by atoms with Gasteiger partial charge in [0.05, 0.1) is 6.42 Å². The highest BCUT2D eigenvalue weighted by Gasteiger charge is 2.33. The smallest absolute Gasteiger partial charge is 0.344 e. The summed E-state index contributed by atoms with van der Waals surface area (Å²) >= 11 is 0. The van der Waals surface area contributed by atoms with E-state index in [0.29, 0.717) is 23.3 Å². The van der Waals surface area contributed by atoms with E-state index in [9.17, 15) is 18.8 Å². The number of benzene rings is 1. The Kier molecular flexibility index (Phi) is 8.15. The molecule has 1 aliphatic carbocycles. The van der Waals surface area contributed by atoms with Gasteiger partial charge in [-0.15, -0.1) is 0 Å². The summed E-state index contributed by atoms with van der Waals surface area (Å²) in [6.07, 6.45) is 2.65. The van der Waals surface area contributed by atoms with Crippen LogP contribution in [-0.2, 0) is 19.1 Å². The molecule has 1 aromatic rings. The van der Waals surface area contributed by atoms with Crippen molar-refractivity contribution in [2.24, 2.45) is 17.8 Å². The minimum absolute atomic E-state index is 0.0604. The molecule has 0 spiro atoms. The summed E-state index contributed by atoms with van der Waals surface area (Å²) in [5.74, 6) is -0.646. The van der Waals surface area contributed by atoms with Crippen molar-refractivity contribution in [1.29, 1.82) is 0 Å². The third kappa shape index (κ3) is 6.73. The van der Waals surface area contributed by atoms with Crippen LogP contribution in [0.25, 0.3) is 0 Å². The zero-order valence-electron chi connectivity index (χ0n) is 16.8. The Hall–Kier alpha value is -2.24. The molecule has 3 atom stereocenters. The zero-order valence-corrected chi connectivity index (χ0v) is 16.8. The van der Waals surface area contributed by atoms with Crippen molar-refractivity contribution >= 4 is 17.7 Å². The van der Waals surface area contributed by atoms with Crippen LogP contribution in [0.5, 0.6) is 0 Å². The number of hydrogen-bond acceptors (Lipinski definition) is 5. The van der Waals surface area contributed by atoms with Gasteiger partial charge in [0, 0.05) is 12.0 Å². The summed E-state index contributed by atoms with van der Waals surface area (Å²) in [4.78, 5) is 35.9. The van der Waals surface area contributed by atoms with Gasteiger partial charge in [-0.25, -0.2) is 9.18 Å². The Labute approximate surface area is 165 Å². The van der Waals surface area contributed by atoms with Gasteiger partial charge in [-0.2, -0.15) is 0 Å². The Morgan fingerprint density at radius 1 is 1.07 bits per heavy atom. The fourth-order valence-electron chi connectivity index (χ4n) is 3.66. The van der Waals surface area contributed by atoms with Gasteiger partial charge in [0.15, 0.2) is 12.4 Å². The minimum atomic E-state index is -0.634. The third-order valence-corrected chi connectivity index (χ3v) is 5.32. The van der Waals surface area contributed by atoms with E-state index in [-0.39, 0.29) is 24.7 Å². The lowest BCUT2D eigenvalue weighted by molar-refractivity contribution is -0.167. The van der Waals surface area contributed by atoms with Crippen LogP contribution in [0.15, 0.2) is 24.3 Å². The molecule has 0 heterocycles. The van der Waals surface area contributed by atoms with Crippen LogP contribution in [0.3, 0.4) is 0 Å². The highest BCUT2D eigenvalue weighted by atomic mass is 19.1.